The van der Waals surface area contributed by atoms with E-state index in [1.54, 1.807) is 0 Å². The van der Waals surface area contributed by atoms with Crippen molar-refractivity contribution >= 4 is 18.4 Å². The van der Waals surface area contributed by atoms with Crippen molar-refractivity contribution in [2.45, 2.75) is 19.8 Å². The molecule has 3 rings (SSSR count). The second-order valence-electron chi connectivity index (χ2n) is 5.70. The predicted molar refractivity (Wildman–Crippen MR) is 103 cm³/mol. The Hall–Kier alpha value is -2.99. The lowest BCUT2D eigenvalue weighted by molar-refractivity contribution is 0.137. The minimum absolute atomic E-state index is 0.154. The summed E-state index contributed by atoms with van der Waals surface area (Å²) in [4.78, 5) is 16.2. The molecule has 2 aromatic carbocycles. The number of H-pyrrole nitrogens is 1. The van der Waals surface area contributed by atoms with E-state index >= 15 is 0 Å². The number of aromatic nitrogens is 2. The molecular weight excluding hydrogens is 348 g/mol. The average Bonchev–Trinajstić information content (AvgIpc) is 2.59. The van der Waals surface area contributed by atoms with Gasteiger partial charge in [0.2, 0.25) is 0 Å². The van der Waals surface area contributed by atoms with Crippen molar-refractivity contribution in [1.82, 2.24) is 9.97 Å². The van der Waals surface area contributed by atoms with E-state index in [1.165, 1.54) is 16.7 Å². The van der Waals surface area contributed by atoms with Gasteiger partial charge in [-0.15, -0.1) is 0 Å². The predicted octanol–water partition coefficient (Wildman–Crippen LogP) is 5.16. The highest BCUT2D eigenvalue weighted by atomic mass is 32.1. The topological polar surface area (TPSA) is 86.2 Å². The van der Waals surface area contributed by atoms with Gasteiger partial charge in [0.15, 0.2) is 4.77 Å². The molecule has 0 saturated carbocycles. The fourth-order valence-corrected chi connectivity index (χ4v) is 3.27. The molecule has 26 heavy (non-hydrogen) atoms. The van der Waals surface area contributed by atoms with Gasteiger partial charge in [-0.1, -0.05) is 60.7 Å². The largest absolute Gasteiger partial charge is 0.503 e. The van der Waals surface area contributed by atoms with Crippen LogP contribution in [0.2, 0.25) is 0 Å². The van der Waals surface area contributed by atoms with Crippen molar-refractivity contribution in [2.75, 3.05) is 0 Å². The van der Waals surface area contributed by atoms with Crippen LogP contribution in [0.15, 0.2) is 60.7 Å². The van der Waals surface area contributed by atoms with Crippen LogP contribution in [0.25, 0.3) is 0 Å². The van der Waals surface area contributed by atoms with Gasteiger partial charge in [-0.25, -0.2) is 9.78 Å². The molecule has 0 aliphatic carbocycles. The van der Waals surface area contributed by atoms with Crippen LogP contribution in [0.4, 0.5) is 4.79 Å². The van der Waals surface area contributed by atoms with Gasteiger partial charge in [0.05, 0.1) is 0 Å². The van der Waals surface area contributed by atoms with Crippen LogP contribution in [0.3, 0.4) is 0 Å². The van der Waals surface area contributed by atoms with Crippen molar-refractivity contribution in [1.29, 1.82) is 0 Å². The Labute approximate surface area is 157 Å². The van der Waals surface area contributed by atoms with Gasteiger partial charge in [0.25, 0.3) is 0 Å². The summed E-state index contributed by atoms with van der Waals surface area (Å²) in [6.45, 7) is 4.10. The summed E-state index contributed by atoms with van der Waals surface area (Å²) in [6.07, 6.45) is -1.83. The molecule has 3 aromatic rings. The molecule has 3 N–H and O–H groups in total. The van der Waals surface area contributed by atoms with Crippen LogP contribution in [0, 0.1) is 18.6 Å². The number of rotatable bonds is 3. The number of aromatic amines is 1. The van der Waals surface area contributed by atoms with E-state index < -0.39 is 6.16 Å². The standard InChI is InChI=1S/C19H18N2S.CH2O3/c1-13-17(14(2)21-19(22)20-13)18(15-9-5-3-6-10-15)16-11-7-4-8-12-16;2-1(3)4/h3-12,18H,1-2H3,(H,20,21,22);(H2,2,3,4). The summed E-state index contributed by atoms with van der Waals surface area (Å²) >= 11 is 5.20. The fourth-order valence-electron chi connectivity index (χ4n) is 2.98. The van der Waals surface area contributed by atoms with Crippen molar-refractivity contribution in [3.05, 3.63) is 93.5 Å². The fraction of sp³-hybridized carbons (Fsp3) is 0.150. The summed E-state index contributed by atoms with van der Waals surface area (Å²) < 4.78 is 0.540. The summed E-state index contributed by atoms with van der Waals surface area (Å²) in [5.41, 5.74) is 5.78. The number of nitrogens with one attached hydrogen (secondary N) is 1. The van der Waals surface area contributed by atoms with Crippen molar-refractivity contribution in [3.8, 4) is 0 Å². The summed E-state index contributed by atoms with van der Waals surface area (Å²) in [5.74, 6) is 0.154. The zero-order valence-electron chi connectivity index (χ0n) is 14.5. The number of hydrogen-bond donors (Lipinski definition) is 3. The van der Waals surface area contributed by atoms with Gasteiger partial charge in [-0.2, -0.15) is 0 Å². The van der Waals surface area contributed by atoms with Crippen molar-refractivity contribution < 1.29 is 15.0 Å². The van der Waals surface area contributed by atoms with Crippen molar-refractivity contribution in [2.24, 2.45) is 0 Å². The Kier molecular flexibility index (Phi) is 6.63. The second-order valence-corrected chi connectivity index (χ2v) is 6.09. The van der Waals surface area contributed by atoms with E-state index in [-0.39, 0.29) is 5.92 Å². The highest BCUT2D eigenvalue weighted by Gasteiger charge is 2.21. The second kappa shape index (κ2) is 8.92. The SMILES string of the molecule is Cc1nc(=S)[nH]c(C)c1C(c1ccccc1)c1ccccc1.O=C(O)O. The monoisotopic (exact) mass is 368 g/mol. The minimum atomic E-state index is -1.83. The maximum atomic E-state index is 8.56. The number of carbonyl (C=O) groups is 1. The lowest BCUT2D eigenvalue weighted by Gasteiger charge is -2.22. The highest BCUT2D eigenvalue weighted by Crippen LogP contribution is 2.34. The smallest absolute Gasteiger partial charge is 0.450 e. The first-order valence-electron chi connectivity index (χ1n) is 7.99. The van der Waals surface area contributed by atoms with E-state index in [4.69, 9.17) is 27.2 Å². The van der Waals surface area contributed by atoms with Crippen LogP contribution in [-0.2, 0) is 0 Å². The van der Waals surface area contributed by atoms with Crippen LogP contribution < -0.4 is 0 Å². The van der Waals surface area contributed by atoms with Gasteiger partial charge >= 0.3 is 6.16 Å². The molecule has 134 valence electrons. The molecule has 0 aliphatic heterocycles. The molecule has 0 saturated heterocycles. The normalized spacial score (nSPS) is 10.1. The van der Waals surface area contributed by atoms with E-state index in [0.29, 0.717) is 4.77 Å². The van der Waals surface area contributed by atoms with E-state index in [9.17, 15) is 0 Å². The summed E-state index contributed by atoms with van der Waals surface area (Å²) in [6, 6.07) is 21.1. The molecule has 0 atom stereocenters. The molecule has 0 fully saturated rings. The van der Waals surface area contributed by atoms with Crippen LogP contribution in [0.1, 0.15) is 34.0 Å². The number of carboxylic acid groups (broad SMARTS) is 2. The zero-order valence-corrected chi connectivity index (χ0v) is 15.3. The maximum absolute atomic E-state index is 8.56. The lowest BCUT2D eigenvalue weighted by atomic mass is 9.83. The van der Waals surface area contributed by atoms with Gasteiger partial charge in [0.1, 0.15) is 0 Å². The Morgan fingerprint density at radius 2 is 1.38 bits per heavy atom. The number of nitrogens with zero attached hydrogens (tertiary/aromatic N) is 1. The molecular formula is C20H20N2O3S. The van der Waals surface area contributed by atoms with Crippen LogP contribution in [0.5, 0.6) is 0 Å². The first-order valence-corrected chi connectivity index (χ1v) is 8.40. The Balaban J connectivity index is 0.000000552. The Morgan fingerprint density at radius 3 is 1.77 bits per heavy atom. The molecule has 0 spiro atoms. The molecule has 0 aliphatic rings. The molecule has 0 radical (unpaired) electrons. The Morgan fingerprint density at radius 1 is 0.962 bits per heavy atom. The third-order valence-corrected chi connectivity index (χ3v) is 4.11. The quantitative estimate of drug-likeness (QED) is 0.556. The lowest BCUT2D eigenvalue weighted by Crippen LogP contribution is -2.10. The van der Waals surface area contributed by atoms with Gasteiger partial charge in [0, 0.05) is 22.9 Å². The molecule has 1 aromatic heterocycles. The van der Waals surface area contributed by atoms with Gasteiger partial charge < -0.3 is 15.2 Å². The minimum Gasteiger partial charge on any atom is -0.450 e. The van der Waals surface area contributed by atoms with Gasteiger partial charge in [-0.05, 0) is 37.2 Å². The molecule has 0 amide bonds. The first kappa shape index (κ1) is 19.3. The Bertz CT molecular complexity index is 855. The number of benzene rings is 2. The third kappa shape index (κ3) is 5.00. The van der Waals surface area contributed by atoms with Gasteiger partial charge in [-0.3, -0.25) is 0 Å². The molecule has 5 nitrogen and oxygen atoms in total. The molecule has 1 heterocycles. The average molecular weight is 368 g/mol. The maximum Gasteiger partial charge on any atom is 0.503 e. The third-order valence-electron chi connectivity index (χ3n) is 3.91. The summed E-state index contributed by atoms with van der Waals surface area (Å²) in [5, 5.41) is 13.9. The van der Waals surface area contributed by atoms with E-state index in [0.717, 1.165) is 11.4 Å². The zero-order chi connectivity index (χ0) is 19.1. The number of hydrogen-bond acceptors (Lipinski definition) is 3. The van der Waals surface area contributed by atoms with Crippen molar-refractivity contribution in [3.63, 3.8) is 0 Å². The summed E-state index contributed by atoms with van der Waals surface area (Å²) in [7, 11) is 0. The van der Waals surface area contributed by atoms with Crippen LogP contribution in [-0.4, -0.2) is 26.3 Å². The molecule has 6 heteroatoms. The van der Waals surface area contributed by atoms with E-state index in [2.05, 4.69) is 65.4 Å². The van der Waals surface area contributed by atoms with E-state index in [1.807, 2.05) is 19.1 Å². The number of aryl methyl sites for hydroxylation is 2. The van der Waals surface area contributed by atoms with Crippen LogP contribution >= 0.6 is 12.2 Å². The first-order chi connectivity index (χ1) is 12.4. The molecule has 0 bridgehead atoms. The molecule has 0 unspecified atom stereocenters. The highest BCUT2D eigenvalue weighted by molar-refractivity contribution is 7.71.